The molecule has 0 aliphatic carbocycles. The first kappa shape index (κ1) is 99.5. The highest BCUT2D eigenvalue weighted by Crippen LogP contribution is 2.45. The van der Waals surface area contributed by atoms with Crippen LogP contribution in [0, 0.1) is 11.8 Å². The predicted octanol–water partition coefficient (Wildman–Crippen LogP) is 24.6. The quantitative estimate of drug-likeness (QED) is 0.0169. The highest BCUT2D eigenvalue weighted by Gasteiger charge is 2.30. The largest absolute Gasteiger partial charge is 0.472 e. The minimum atomic E-state index is -4.97. The van der Waals surface area contributed by atoms with Crippen molar-refractivity contribution in [1.29, 1.82) is 0 Å². The molecule has 0 rings (SSSR count). The van der Waals surface area contributed by atoms with E-state index in [9.17, 15) is 43.2 Å². The second-order valence-electron chi connectivity index (χ2n) is 29.7. The van der Waals surface area contributed by atoms with E-state index in [1.807, 2.05) is 0 Å². The second-order valence-corrected chi connectivity index (χ2v) is 32.6. The lowest BCUT2D eigenvalue weighted by Gasteiger charge is -2.21. The Hall–Kier alpha value is -2.46. The first-order valence-electron chi connectivity index (χ1n) is 42.4. The van der Waals surface area contributed by atoms with Gasteiger partial charge in [-0.15, -0.1) is 0 Å². The molecule has 0 saturated heterocycles. The van der Waals surface area contributed by atoms with Gasteiger partial charge in [-0.1, -0.05) is 361 Å². The van der Waals surface area contributed by atoms with E-state index in [2.05, 4.69) is 65.8 Å². The van der Waals surface area contributed by atoms with Crippen molar-refractivity contribution in [3.05, 3.63) is 24.3 Å². The number of carbonyl (C=O) groups excluding carboxylic acids is 4. The number of hydrogen-bond donors (Lipinski definition) is 3. The molecule has 0 radical (unpaired) electrons. The molecule has 3 N–H and O–H groups in total. The Balaban J connectivity index is 5.28. The average Bonchev–Trinajstić information content (AvgIpc) is 0.917. The normalized spacial score (nSPS) is 14.6. The lowest BCUT2D eigenvalue weighted by Crippen LogP contribution is -2.30. The van der Waals surface area contributed by atoms with E-state index in [1.54, 1.807) is 0 Å². The number of phosphoric acid groups is 2. The number of carbonyl (C=O) groups is 4. The minimum Gasteiger partial charge on any atom is -0.462 e. The zero-order chi connectivity index (χ0) is 74.9. The zero-order valence-corrected chi connectivity index (χ0v) is 68.2. The third-order valence-electron chi connectivity index (χ3n) is 19.6. The van der Waals surface area contributed by atoms with Crippen LogP contribution in [-0.2, 0) is 65.4 Å². The molecule has 0 aromatic rings. The van der Waals surface area contributed by atoms with Gasteiger partial charge in [-0.05, 0) is 63.2 Å². The highest BCUT2D eigenvalue weighted by atomic mass is 31.2. The minimum absolute atomic E-state index is 0.102. The fourth-order valence-corrected chi connectivity index (χ4v) is 13.9. The summed E-state index contributed by atoms with van der Waals surface area (Å²) >= 11 is 0. The maximum atomic E-state index is 13.1. The molecule has 602 valence electrons. The van der Waals surface area contributed by atoms with Gasteiger partial charge in [0.2, 0.25) is 0 Å². The summed E-state index contributed by atoms with van der Waals surface area (Å²) in [5.41, 5.74) is 0. The molecule has 0 amide bonds. The molecule has 0 aromatic heterocycles. The van der Waals surface area contributed by atoms with Gasteiger partial charge in [0.15, 0.2) is 12.2 Å². The summed E-state index contributed by atoms with van der Waals surface area (Å²) < 4.78 is 68.8. The fraction of sp³-hybridized carbons (Fsp3) is 0.904. The van der Waals surface area contributed by atoms with Gasteiger partial charge >= 0.3 is 39.5 Å². The first-order chi connectivity index (χ1) is 49.4. The van der Waals surface area contributed by atoms with Crippen molar-refractivity contribution in [2.75, 3.05) is 39.6 Å². The zero-order valence-electron chi connectivity index (χ0n) is 66.4. The Labute approximate surface area is 624 Å². The van der Waals surface area contributed by atoms with E-state index in [4.69, 9.17) is 37.0 Å². The number of ether oxygens (including phenoxy) is 4. The van der Waals surface area contributed by atoms with E-state index in [-0.39, 0.29) is 25.7 Å². The number of aliphatic hydroxyl groups excluding tert-OH is 1. The molecule has 102 heavy (non-hydrogen) atoms. The van der Waals surface area contributed by atoms with Crippen LogP contribution in [0.15, 0.2) is 24.3 Å². The Morgan fingerprint density at radius 2 is 0.549 bits per heavy atom. The van der Waals surface area contributed by atoms with Gasteiger partial charge in [0.25, 0.3) is 0 Å². The molecule has 0 aromatic carbocycles. The van der Waals surface area contributed by atoms with Crippen LogP contribution in [-0.4, -0.2) is 96.7 Å². The second kappa shape index (κ2) is 74.0. The maximum Gasteiger partial charge on any atom is 0.472 e. The van der Waals surface area contributed by atoms with Crippen molar-refractivity contribution >= 4 is 39.5 Å². The van der Waals surface area contributed by atoms with E-state index < -0.39 is 97.5 Å². The van der Waals surface area contributed by atoms with Gasteiger partial charge in [-0.25, -0.2) is 9.13 Å². The Morgan fingerprint density at radius 3 is 0.833 bits per heavy atom. The van der Waals surface area contributed by atoms with Gasteiger partial charge in [-0.2, -0.15) is 0 Å². The lowest BCUT2D eigenvalue weighted by atomic mass is 9.99. The fourth-order valence-electron chi connectivity index (χ4n) is 12.3. The summed E-state index contributed by atoms with van der Waals surface area (Å²) in [6.07, 6.45) is 67.3. The molecule has 0 saturated carbocycles. The van der Waals surface area contributed by atoms with Crippen molar-refractivity contribution < 1.29 is 80.2 Å². The average molecular weight is 1490 g/mol. The van der Waals surface area contributed by atoms with Gasteiger partial charge < -0.3 is 33.8 Å². The summed E-state index contributed by atoms with van der Waals surface area (Å²) in [5, 5.41) is 10.7. The van der Waals surface area contributed by atoms with Gasteiger partial charge in [0.1, 0.15) is 19.3 Å². The van der Waals surface area contributed by atoms with Crippen molar-refractivity contribution in [3.8, 4) is 0 Å². The Kier molecular flexibility index (Phi) is 72.2. The van der Waals surface area contributed by atoms with E-state index >= 15 is 0 Å². The number of esters is 4. The molecular weight excluding hydrogens is 1330 g/mol. The SMILES string of the molecule is CCCCCC/C=C\C=C/CCCCCCCC(=O)OC[C@H](COP(=O)(O)OC[C@@H](O)COP(=O)(O)OC[C@@H](COC(=O)CCCCCCCCCCC(C)CC)OC(=O)CCCCCCCCCCCCC(C)CC)OC(=O)CCCCCCCCCCCCCCCCCCCCCCC. The van der Waals surface area contributed by atoms with Crippen LogP contribution in [0.5, 0.6) is 0 Å². The summed E-state index contributed by atoms with van der Waals surface area (Å²) in [7, 11) is -9.94. The number of hydrogen-bond acceptors (Lipinski definition) is 15. The van der Waals surface area contributed by atoms with E-state index in [0.717, 1.165) is 121 Å². The van der Waals surface area contributed by atoms with Crippen molar-refractivity contribution in [2.24, 2.45) is 11.8 Å². The van der Waals surface area contributed by atoms with Crippen LogP contribution < -0.4 is 0 Å². The third kappa shape index (κ3) is 73.1. The van der Waals surface area contributed by atoms with Crippen molar-refractivity contribution in [3.63, 3.8) is 0 Å². The molecule has 0 aliphatic rings. The number of allylic oxidation sites excluding steroid dienone is 4. The molecule has 0 aliphatic heterocycles. The van der Waals surface area contributed by atoms with Crippen LogP contribution in [0.25, 0.3) is 0 Å². The molecular formula is C83H158O17P2. The van der Waals surface area contributed by atoms with Gasteiger partial charge in [0.05, 0.1) is 26.4 Å². The molecule has 19 heteroatoms. The van der Waals surface area contributed by atoms with E-state index in [1.165, 1.54) is 212 Å². The third-order valence-corrected chi connectivity index (χ3v) is 21.5. The van der Waals surface area contributed by atoms with Gasteiger partial charge in [-0.3, -0.25) is 37.3 Å². The number of phosphoric ester groups is 2. The highest BCUT2D eigenvalue weighted by molar-refractivity contribution is 7.47. The molecule has 0 heterocycles. The molecule has 0 spiro atoms. The molecule has 7 atom stereocenters. The monoisotopic (exact) mass is 1490 g/mol. The summed E-state index contributed by atoms with van der Waals surface area (Å²) in [6, 6.07) is 0. The standard InChI is InChI=1S/C83H158O17P2/c1-7-11-13-15-17-19-21-23-25-26-27-28-29-30-32-34-36-41-49-55-61-67-82(87)99-78(71-93-80(85)65-59-53-47-40-35-33-31-24-22-20-18-16-14-12-8-2)73-97-101(89,90)95-69-77(84)70-96-102(91,92)98-74-79(72-94-81(86)66-60-54-48-44-43-46-52-58-64-76(6)10-4)100-83(88)68-62-56-50-42-38-37-39-45-51-57-63-75(5)9-3/h20,22,24,31,75-79,84H,7-19,21,23,25-30,32-74H2,1-6H3,(H,89,90)(H,91,92)/b22-20-,31-24-/t75?,76?,77-,78-,79-/m1/s1. The van der Waals surface area contributed by atoms with Crippen LogP contribution >= 0.6 is 15.6 Å². The van der Waals surface area contributed by atoms with Crippen LogP contribution in [0.2, 0.25) is 0 Å². The smallest absolute Gasteiger partial charge is 0.462 e. The number of aliphatic hydroxyl groups is 1. The number of rotatable bonds is 80. The summed E-state index contributed by atoms with van der Waals surface area (Å²) in [5.74, 6) is -0.561. The maximum absolute atomic E-state index is 13.1. The predicted molar refractivity (Wildman–Crippen MR) is 418 cm³/mol. The topological polar surface area (TPSA) is 237 Å². The summed E-state index contributed by atoms with van der Waals surface area (Å²) in [6.45, 7) is 9.60. The lowest BCUT2D eigenvalue weighted by molar-refractivity contribution is -0.161. The molecule has 4 unspecified atom stereocenters. The van der Waals surface area contributed by atoms with Crippen LogP contribution in [0.3, 0.4) is 0 Å². The molecule has 0 bridgehead atoms. The Morgan fingerprint density at radius 1 is 0.314 bits per heavy atom. The summed E-state index contributed by atoms with van der Waals surface area (Å²) in [4.78, 5) is 73.1. The van der Waals surface area contributed by atoms with Gasteiger partial charge in [0, 0.05) is 25.7 Å². The van der Waals surface area contributed by atoms with Crippen LogP contribution in [0.4, 0.5) is 0 Å². The van der Waals surface area contributed by atoms with Crippen molar-refractivity contribution in [2.45, 2.75) is 432 Å². The van der Waals surface area contributed by atoms with Crippen molar-refractivity contribution in [1.82, 2.24) is 0 Å². The van der Waals surface area contributed by atoms with E-state index in [0.29, 0.717) is 25.7 Å². The molecule has 0 fully saturated rings. The number of unbranched alkanes of at least 4 members (excludes halogenated alkanes) is 45. The Bertz CT molecular complexity index is 2060. The first-order valence-corrected chi connectivity index (χ1v) is 45.4. The molecule has 17 nitrogen and oxygen atoms in total. The van der Waals surface area contributed by atoms with Crippen LogP contribution in [0.1, 0.15) is 414 Å².